The zero-order valence-corrected chi connectivity index (χ0v) is 10.5. The van der Waals surface area contributed by atoms with Crippen molar-refractivity contribution in [1.29, 1.82) is 0 Å². The van der Waals surface area contributed by atoms with Gasteiger partial charge in [-0.3, -0.25) is 4.79 Å². The summed E-state index contributed by atoms with van der Waals surface area (Å²) in [4.78, 5) is 13.3. The fraction of sp³-hybridized carbons (Fsp3) is 0.364. The van der Waals surface area contributed by atoms with E-state index in [1.54, 1.807) is 0 Å². The number of hydrogen-bond acceptors (Lipinski definition) is 3. The molecule has 0 saturated carbocycles. The molecule has 1 aliphatic heterocycles. The van der Waals surface area contributed by atoms with Gasteiger partial charge in [0.2, 0.25) is 5.91 Å². The lowest BCUT2D eigenvalue weighted by molar-refractivity contribution is -0.117. The molecule has 92 valence electrons. The number of benzene rings is 1. The first kappa shape index (κ1) is 12.5. The standard InChI is InChI=1S/C11H12Cl2N2O2/c12-7-2-8(13)10(16)3-9(7)15-5-6(4-14)1-11(15)17/h2-3,6,16H,1,4-5,14H2. The Bertz CT molecular complexity index is 465. The highest BCUT2D eigenvalue weighted by molar-refractivity contribution is 6.37. The fourth-order valence-corrected chi connectivity index (χ4v) is 2.39. The molecule has 0 radical (unpaired) electrons. The van der Waals surface area contributed by atoms with Gasteiger partial charge >= 0.3 is 0 Å². The van der Waals surface area contributed by atoms with Crippen molar-refractivity contribution in [3.8, 4) is 5.75 Å². The molecule has 17 heavy (non-hydrogen) atoms. The van der Waals surface area contributed by atoms with E-state index < -0.39 is 0 Å². The molecule has 3 N–H and O–H groups in total. The SMILES string of the molecule is NCC1CC(=O)N(c2cc(O)c(Cl)cc2Cl)C1. The van der Waals surface area contributed by atoms with Crippen LogP contribution in [0.2, 0.25) is 10.0 Å². The second-order valence-corrected chi connectivity index (χ2v) is 4.88. The molecule has 1 amide bonds. The maximum atomic E-state index is 11.8. The maximum Gasteiger partial charge on any atom is 0.227 e. The van der Waals surface area contributed by atoms with Crippen molar-refractivity contribution in [3.63, 3.8) is 0 Å². The van der Waals surface area contributed by atoms with Gasteiger partial charge in [0.05, 0.1) is 15.7 Å². The third-order valence-corrected chi connectivity index (χ3v) is 3.45. The van der Waals surface area contributed by atoms with Gasteiger partial charge in [-0.2, -0.15) is 0 Å². The monoisotopic (exact) mass is 274 g/mol. The van der Waals surface area contributed by atoms with Crippen molar-refractivity contribution < 1.29 is 9.90 Å². The van der Waals surface area contributed by atoms with Gasteiger partial charge in [-0.25, -0.2) is 0 Å². The fourth-order valence-electron chi connectivity index (χ4n) is 1.91. The molecule has 4 nitrogen and oxygen atoms in total. The first-order chi connectivity index (χ1) is 8.02. The van der Waals surface area contributed by atoms with Gasteiger partial charge in [-0.1, -0.05) is 23.2 Å². The summed E-state index contributed by atoms with van der Waals surface area (Å²) in [7, 11) is 0. The van der Waals surface area contributed by atoms with E-state index in [0.717, 1.165) is 0 Å². The highest BCUT2D eigenvalue weighted by atomic mass is 35.5. The maximum absolute atomic E-state index is 11.8. The molecule has 1 aromatic carbocycles. The zero-order chi connectivity index (χ0) is 12.6. The number of anilines is 1. The van der Waals surface area contributed by atoms with E-state index in [4.69, 9.17) is 28.9 Å². The molecule has 1 heterocycles. The van der Waals surface area contributed by atoms with E-state index in [1.807, 2.05) is 0 Å². The van der Waals surface area contributed by atoms with Crippen LogP contribution in [0.5, 0.6) is 5.75 Å². The first-order valence-corrected chi connectivity index (χ1v) is 5.97. The van der Waals surface area contributed by atoms with Gasteiger partial charge in [-0.15, -0.1) is 0 Å². The lowest BCUT2D eigenvalue weighted by Crippen LogP contribution is -2.25. The van der Waals surface area contributed by atoms with Crippen LogP contribution in [0.1, 0.15) is 6.42 Å². The third kappa shape index (κ3) is 2.34. The Balaban J connectivity index is 2.35. The summed E-state index contributed by atoms with van der Waals surface area (Å²) in [6, 6.07) is 2.83. The van der Waals surface area contributed by atoms with Crippen LogP contribution in [-0.2, 0) is 4.79 Å². The summed E-state index contributed by atoms with van der Waals surface area (Å²) in [5.74, 6) is 0.00975. The Morgan fingerprint density at radius 3 is 2.71 bits per heavy atom. The molecular weight excluding hydrogens is 263 g/mol. The Morgan fingerprint density at radius 1 is 1.41 bits per heavy atom. The first-order valence-electron chi connectivity index (χ1n) is 5.21. The van der Waals surface area contributed by atoms with E-state index in [9.17, 15) is 9.90 Å². The van der Waals surface area contributed by atoms with Crippen molar-refractivity contribution in [1.82, 2.24) is 0 Å². The molecule has 0 bridgehead atoms. The van der Waals surface area contributed by atoms with Crippen LogP contribution in [0, 0.1) is 5.92 Å². The molecule has 1 aliphatic rings. The average Bonchev–Trinajstić information content (AvgIpc) is 2.65. The number of rotatable bonds is 2. The van der Waals surface area contributed by atoms with Crippen LogP contribution in [0.25, 0.3) is 0 Å². The quantitative estimate of drug-likeness (QED) is 0.867. The third-order valence-electron chi connectivity index (χ3n) is 2.85. The van der Waals surface area contributed by atoms with Crippen molar-refractivity contribution in [3.05, 3.63) is 22.2 Å². The number of hydrogen-bond donors (Lipinski definition) is 2. The van der Waals surface area contributed by atoms with Gasteiger partial charge in [-0.05, 0) is 18.5 Å². The molecule has 1 atom stereocenters. The zero-order valence-electron chi connectivity index (χ0n) is 8.99. The number of amides is 1. The summed E-state index contributed by atoms with van der Waals surface area (Å²) < 4.78 is 0. The number of carbonyl (C=O) groups is 1. The highest BCUT2D eigenvalue weighted by Gasteiger charge is 2.31. The van der Waals surface area contributed by atoms with E-state index in [0.29, 0.717) is 30.2 Å². The number of halogens is 2. The Hall–Kier alpha value is -0.970. The van der Waals surface area contributed by atoms with Crippen LogP contribution in [0.15, 0.2) is 12.1 Å². The second-order valence-electron chi connectivity index (χ2n) is 4.07. The predicted molar refractivity (Wildman–Crippen MR) is 67.6 cm³/mol. The summed E-state index contributed by atoms with van der Waals surface area (Å²) in [5.41, 5.74) is 6.03. The normalized spacial score (nSPS) is 20.1. The number of phenols is 1. The van der Waals surface area contributed by atoms with E-state index in [2.05, 4.69) is 0 Å². The van der Waals surface area contributed by atoms with Crippen molar-refractivity contribution >= 4 is 34.8 Å². The average molecular weight is 275 g/mol. The van der Waals surface area contributed by atoms with Crippen molar-refractivity contribution in [2.75, 3.05) is 18.0 Å². The molecule has 1 fully saturated rings. The van der Waals surface area contributed by atoms with Crippen LogP contribution < -0.4 is 10.6 Å². The Morgan fingerprint density at radius 2 is 2.12 bits per heavy atom. The predicted octanol–water partition coefficient (Wildman–Crippen LogP) is 2.01. The molecular formula is C11H12Cl2N2O2. The Kier molecular flexibility index (Phi) is 3.47. The topological polar surface area (TPSA) is 66.6 Å². The summed E-state index contributed by atoms with van der Waals surface area (Å²) >= 11 is 11.7. The molecule has 2 rings (SSSR count). The molecule has 0 aliphatic carbocycles. The largest absolute Gasteiger partial charge is 0.506 e. The second kappa shape index (κ2) is 4.72. The van der Waals surface area contributed by atoms with E-state index in [-0.39, 0.29) is 22.6 Å². The lowest BCUT2D eigenvalue weighted by atomic mass is 10.1. The molecule has 1 saturated heterocycles. The summed E-state index contributed by atoms with van der Waals surface area (Å²) in [6.07, 6.45) is 0.413. The lowest BCUT2D eigenvalue weighted by Gasteiger charge is -2.18. The van der Waals surface area contributed by atoms with E-state index >= 15 is 0 Å². The summed E-state index contributed by atoms with van der Waals surface area (Å²) in [6.45, 7) is 0.982. The molecule has 1 aromatic rings. The van der Waals surface area contributed by atoms with Gasteiger partial charge < -0.3 is 15.7 Å². The Labute approximate surface area is 109 Å². The number of nitrogens with zero attached hydrogens (tertiary/aromatic N) is 1. The van der Waals surface area contributed by atoms with Crippen LogP contribution in [0.4, 0.5) is 5.69 Å². The minimum absolute atomic E-state index is 0.0379. The minimum Gasteiger partial charge on any atom is -0.506 e. The van der Waals surface area contributed by atoms with E-state index in [1.165, 1.54) is 17.0 Å². The van der Waals surface area contributed by atoms with Crippen molar-refractivity contribution in [2.24, 2.45) is 11.7 Å². The molecule has 6 heteroatoms. The van der Waals surface area contributed by atoms with Crippen molar-refractivity contribution in [2.45, 2.75) is 6.42 Å². The number of aromatic hydroxyl groups is 1. The van der Waals surface area contributed by atoms with Gasteiger partial charge in [0, 0.05) is 19.0 Å². The van der Waals surface area contributed by atoms with Gasteiger partial charge in [0.15, 0.2) is 0 Å². The molecule has 0 spiro atoms. The molecule has 1 unspecified atom stereocenters. The minimum atomic E-state index is -0.0879. The van der Waals surface area contributed by atoms with Crippen LogP contribution in [-0.4, -0.2) is 24.1 Å². The number of carbonyl (C=O) groups excluding carboxylic acids is 1. The van der Waals surface area contributed by atoms with Gasteiger partial charge in [0.1, 0.15) is 5.75 Å². The van der Waals surface area contributed by atoms with Gasteiger partial charge in [0.25, 0.3) is 0 Å². The highest BCUT2D eigenvalue weighted by Crippen LogP contribution is 2.37. The van der Waals surface area contributed by atoms with Crippen LogP contribution >= 0.6 is 23.2 Å². The smallest absolute Gasteiger partial charge is 0.227 e. The molecule has 0 aromatic heterocycles. The summed E-state index contributed by atoms with van der Waals surface area (Å²) in [5, 5.41) is 10.1. The van der Waals surface area contributed by atoms with Crippen LogP contribution in [0.3, 0.4) is 0 Å². The number of phenolic OH excluding ortho intramolecular Hbond substituents is 1. The number of nitrogens with two attached hydrogens (primary N) is 1.